The summed E-state index contributed by atoms with van der Waals surface area (Å²) in [5.41, 5.74) is 0. The van der Waals surface area contributed by atoms with E-state index < -0.39 is 6.10 Å². The van der Waals surface area contributed by atoms with Crippen molar-refractivity contribution in [2.45, 2.75) is 341 Å². The summed E-state index contributed by atoms with van der Waals surface area (Å²) < 4.78 is 17.0. The van der Waals surface area contributed by atoms with E-state index in [0.717, 1.165) is 122 Å². The van der Waals surface area contributed by atoms with E-state index >= 15 is 0 Å². The quantitative estimate of drug-likeness (QED) is 0.0261. The van der Waals surface area contributed by atoms with E-state index in [9.17, 15) is 14.4 Å². The Morgan fingerprint density at radius 3 is 0.768 bits per heavy atom. The number of hydrogen-bond acceptors (Lipinski definition) is 6. The summed E-state index contributed by atoms with van der Waals surface area (Å²) in [6.45, 7) is 6.50. The monoisotopic (exact) mass is 1140 g/mol. The van der Waals surface area contributed by atoms with E-state index in [2.05, 4.69) is 130 Å². The predicted molar refractivity (Wildman–Crippen MR) is 357 cm³/mol. The van der Waals surface area contributed by atoms with E-state index in [4.69, 9.17) is 14.2 Å². The molecule has 0 amide bonds. The van der Waals surface area contributed by atoms with Crippen molar-refractivity contribution in [1.82, 2.24) is 0 Å². The number of unbranched alkanes of at least 4 members (excludes halogenated alkanes) is 34. The molecule has 0 aliphatic rings. The molecular formula is C76H130O6. The molecule has 0 spiro atoms. The minimum atomic E-state index is -0.790. The number of carbonyl (C=O) groups excluding carboxylic acids is 3. The maximum absolute atomic E-state index is 12.9. The second kappa shape index (κ2) is 69.6. The molecule has 82 heavy (non-hydrogen) atoms. The first-order chi connectivity index (χ1) is 40.5. The zero-order chi connectivity index (χ0) is 59.2. The smallest absolute Gasteiger partial charge is 0.306 e. The van der Waals surface area contributed by atoms with E-state index in [1.807, 2.05) is 0 Å². The molecule has 0 aromatic heterocycles. The lowest BCUT2D eigenvalue weighted by molar-refractivity contribution is -0.167. The van der Waals surface area contributed by atoms with Crippen LogP contribution in [0.5, 0.6) is 0 Å². The largest absolute Gasteiger partial charge is 0.462 e. The lowest BCUT2D eigenvalue weighted by atomic mass is 10.0. The van der Waals surface area contributed by atoms with Crippen LogP contribution in [0.3, 0.4) is 0 Å². The van der Waals surface area contributed by atoms with Gasteiger partial charge < -0.3 is 14.2 Å². The molecule has 0 aromatic rings. The number of ether oxygens (including phenoxy) is 3. The molecule has 0 rings (SSSR count). The summed E-state index contributed by atoms with van der Waals surface area (Å²) in [6, 6.07) is 0. The summed E-state index contributed by atoms with van der Waals surface area (Å²) in [7, 11) is 0. The SMILES string of the molecule is CC/C=C\C/C=C\C/C=C\C/C=C\C/C=C\CCCCCCCCCCCCCCCCCC(=O)OCC(COC(=O)CCCCCCC/C=C\C/C=C\CCCCC)OC(=O)CCCCCCCCC/C=C\C/C=C\CCCCCC. The van der Waals surface area contributed by atoms with Crippen molar-refractivity contribution in [2.75, 3.05) is 13.2 Å². The van der Waals surface area contributed by atoms with Crippen molar-refractivity contribution in [3.63, 3.8) is 0 Å². The first-order valence-electron chi connectivity index (χ1n) is 34.9. The van der Waals surface area contributed by atoms with E-state index in [1.165, 1.54) is 173 Å². The van der Waals surface area contributed by atoms with Crippen LogP contribution in [0.1, 0.15) is 335 Å². The van der Waals surface area contributed by atoms with Crippen LogP contribution < -0.4 is 0 Å². The van der Waals surface area contributed by atoms with Crippen LogP contribution >= 0.6 is 0 Å². The number of allylic oxidation sites excluding steroid dienone is 18. The van der Waals surface area contributed by atoms with Crippen molar-refractivity contribution in [3.8, 4) is 0 Å². The van der Waals surface area contributed by atoms with E-state index in [0.29, 0.717) is 19.3 Å². The molecular weight excluding hydrogens is 1010 g/mol. The molecule has 0 radical (unpaired) electrons. The molecule has 0 aliphatic carbocycles. The van der Waals surface area contributed by atoms with Gasteiger partial charge in [0, 0.05) is 19.3 Å². The highest BCUT2D eigenvalue weighted by Crippen LogP contribution is 2.17. The first-order valence-corrected chi connectivity index (χ1v) is 34.9. The Labute approximate surface area is 508 Å². The summed E-state index contributed by atoms with van der Waals surface area (Å²) in [5.74, 6) is -0.894. The zero-order valence-electron chi connectivity index (χ0n) is 54.0. The number of carbonyl (C=O) groups is 3. The van der Waals surface area contributed by atoms with Gasteiger partial charge in [0.2, 0.25) is 0 Å². The normalized spacial score (nSPS) is 12.8. The standard InChI is InChI=1S/C76H130O6/c1-4-7-10-13-16-19-22-25-28-30-32-33-34-35-36-37-38-39-40-41-42-43-44-46-48-51-54-57-60-63-66-69-75(78)81-72-73(71-80-74(77)68-65-62-59-56-53-50-47-27-24-21-18-15-12-9-6-3)82-76(79)70-67-64-61-58-55-52-49-45-31-29-26-23-20-17-14-11-8-5-2/h7,10,16,18-21,23,25,27-29,31-33,35-36,47,73H,4-6,8-9,11-15,17,22,24,26,30,34,37-46,48-72H2,1-3H3/b10-7-,19-16-,21-18-,23-20-,28-25-,31-29-,33-32-,36-35-,47-27-. The Hall–Kier alpha value is -3.93. The van der Waals surface area contributed by atoms with E-state index in [1.54, 1.807) is 0 Å². The summed E-state index contributed by atoms with van der Waals surface area (Å²) in [6.07, 6.45) is 95.4. The Morgan fingerprint density at radius 2 is 0.476 bits per heavy atom. The van der Waals surface area contributed by atoms with Gasteiger partial charge in [-0.1, -0.05) is 297 Å². The van der Waals surface area contributed by atoms with Gasteiger partial charge in [-0.05, 0) is 128 Å². The Kier molecular flexibility index (Phi) is 66.2. The van der Waals surface area contributed by atoms with Crippen LogP contribution in [-0.2, 0) is 28.6 Å². The number of hydrogen-bond donors (Lipinski definition) is 0. The molecule has 470 valence electrons. The highest BCUT2D eigenvalue weighted by atomic mass is 16.6. The average Bonchev–Trinajstić information content (AvgIpc) is 3.47. The van der Waals surface area contributed by atoms with Crippen LogP contribution in [0.15, 0.2) is 109 Å². The van der Waals surface area contributed by atoms with Crippen molar-refractivity contribution >= 4 is 17.9 Å². The predicted octanol–water partition coefficient (Wildman–Crippen LogP) is 24.2. The minimum absolute atomic E-state index is 0.0843. The molecule has 1 unspecified atom stereocenters. The zero-order valence-corrected chi connectivity index (χ0v) is 54.0. The Balaban J connectivity index is 4.27. The van der Waals surface area contributed by atoms with Gasteiger partial charge in [0.15, 0.2) is 6.10 Å². The number of esters is 3. The van der Waals surface area contributed by atoms with Crippen LogP contribution in [0.25, 0.3) is 0 Å². The molecule has 6 heteroatoms. The summed E-state index contributed by atoms with van der Waals surface area (Å²) in [4.78, 5) is 38.4. The summed E-state index contributed by atoms with van der Waals surface area (Å²) in [5, 5.41) is 0. The lowest BCUT2D eigenvalue weighted by Gasteiger charge is -2.18. The third-order valence-electron chi connectivity index (χ3n) is 15.0. The second-order valence-corrected chi connectivity index (χ2v) is 23.1. The highest BCUT2D eigenvalue weighted by Gasteiger charge is 2.19. The highest BCUT2D eigenvalue weighted by molar-refractivity contribution is 5.71. The molecule has 1 atom stereocenters. The van der Waals surface area contributed by atoms with Gasteiger partial charge in [-0.2, -0.15) is 0 Å². The molecule has 0 heterocycles. The third-order valence-corrected chi connectivity index (χ3v) is 15.0. The number of rotatable bonds is 63. The average molecular weight is 1140 g/mol. The van der Waals surface area contributed by atoms with Crippen molar-refractivity contribution in [1.29, 1.82) is 0 Å². The molecule has 0 N–H and O–H groups in total. The third kappa shape index (κ3) is 66.9. The molecule has 0 aromatic carbocycles. The fraction of sp³-hybridized carbons (Fsp3) is 0.724. The van der Waals surface area contributed by atoms with Gasteiger partial charge in [0.25, 0.3) is 0 Å². The Bertz CT molecular complexity index is 1640. The maximum atomic E-state index is 12.9. The van der Waals surface area contributed by atoms with Crippen molar-refractivity contribution < 1.29 is 28.6 Å². The maximum Gasteiger partial charge on any atom is 0.306 e. The lowest BCUT2D eigenvalue weighted by Crippen LogP contribution is -2.30. The molecule has 0 bridgehead atoms. The minimum Gasteiger partial charge on any atom is -0.462 e. The van der Waals surface area contributed by atoms with Gasteiger partial charge >= 0.3 is 17.9 Å². The fourth-order valence-corrected chi connectivity index (χ4v) is 9.77. The summed E-state index contributed by atoms with van der Waals surface area (Å²) >= 11 is 0. The van der Waals surface area contributed by atoms with Gasteiger partial charge in [-0.15, -0.1) is 0 Å². The van der Waals surface area contributed by atoms with Crippen LogP contribution in [0, 0.1) is 0 Å². The fourth-order valence-electron chi connectivity index (χ4n) is 9.77. The molecule has 0 saturated carbocycles. The second-order valence-electron chi connectivity index (χ2n) is 23.1. The van der Waals surface area contributed by atoms with Crippen molar-refractivity contribution in [2.24, 2.45) is 0 Å². The van der Waals surface area contributed by atoms with Gasteiger partial charge in [0.05, 0.1) is 0 Å². The van der Waals surface area contributed by atoms with Crippen molar-refractivity contribution in [3.05, 3.63) is 109 Å². The van der Waals surface area contributed by atoms with Gasteiger partial charge in [-0.3, -0.25) is 14.4 Å². The van der Waals surface area contributed by atoms with Gasteiger partial charge in [0.1, 0.15) is 13.2 Å². The molecule has 0 fully saturated rings. The molecule has 6 nitrogen and oxygen atoms in total. The molecule has 0 aliphatic heterocycles. The van der Waals surface area contributed by atoms with Crippen LogP contribution in [0.4, 0.5) is 0 Å². The molecule has 0 saturated heterocycles. The van der Waals surface area contributed by atoms with Gasteiger partial charge in [-0.25, -0.2) is 0 Å². The first kappa shape index (κ1) is 78.1. The topological polar surface area (TPSA) is 78.9 Å². The van der Waals surface area contributed by atoms with Crippen LogP contribution in [-0.4, -0.2) is 37.2 Å². The van der Waals surface area contributed by atoms with E-state index in [-0.39, 0.29) is 31.1 Å². The Morgan fingerprint density at radius 1 is 0.256 bits per heavy atom. The van der Waals surface area contributed by atoms with Crippen LogP contribution in [0.2, 0.25) is 0 Å².